The number of para-hydroxylation sites is 1. The van der Waals surface area contributed by atoms with Crippen molar-refractivity contribution in [2.75, 3.05) is 13.7 Å². The molecule has 4 nitrogen and oxygen atoms in total. The second-order valence-electron chi connectivity index (χ2n) is 6.25. The molecule has 0 saturated carbocycles. The summed E-state index contributed by atoms with van der Waals surface area (Å²) in [7, 11) is 1.64. The molecule has 25 heavy (non-hydrogen) atoms. The topological polar surface area (TPSA) is 45.3 Å². The summed E-state index contributed by atoms with van der Waals surface area (Å²) in [5.74, 6) is 0.828. The smallest absolute Gasteiger partial charge is 0.246 e. The summed E-state index contributed by atoms with van der Waals surface area (Å²) in [5, 5.41) is 1.21. The fourth-order valence-corrected chi connectivity index (χ4v) is 3.37. The number of amides is 1. The molecule has 4 rings (SSSR count). The van der Waals surface area contributed by atoms with Gasteiger partial charge in [0.15, 0.2) is 0 Å². The minimum absolute atomic E-state index is 0.0405. The summed E-state index contributed by atoms with van der Waals surface area (Å²) >= 11 is 0. The van der Waals surface area contributed by atoms with Crippen molar-refractivity contribution >= 4 is 22.9 Å². The van der Waals surface area contributed by atoms with Crippen molar-refractivity contribution in [1.29, 1.82) is 0 Å². The van der Waals surface area contributed by atoms with Crippen molar-refractivity contribution in [1.82, 2.24) is 9.88 Å². The number of H-pyrrole nitrogens is 1. The Balaban J connectivity index is 1.52. The van der Waals surface area contributed by atoms with E-state index in [9.17, 15) is 4.79 Å². The third-order valence-corrected chi connectivity index (χ3v) is 4.71. The van der Waals surface area contributed by atoms with Crippen molar-refractivity contribution in [2.45, 2.75) is 13.0 Å². The van der Waals surface area contributed by atoms with E-state index < -0.39 is 0 Å². The monoisotopic (exact) mass is 332 g/mol. The second kappa shape index (κ2) is 6.48. The van der Waals surface area contributed by atoms with Crippen LogP contribution in [0.25, 0.3) is 17.0 Å². The first-order valence-electron chi connectivity index (χ1n) is 8.44. The number of nitrogens with zero attached hydrogens (tertiary/aromatic N) is 1. The van der Waals surface area contributed by atoms with E-state index in [-0.39, 0.29) is 5.91 Å². The molecule has 2 heterocycles. The molecular formula is C21H20N2O2. The van der Waals surface area contributed by atoms with E-state index in [1.54, 1.807) is 13.2 Å². The number of rotatable bonds is 3. The molecule has 1 aliphatic heterocycles. The van der Waals surface area contributed by atoms with E-state index in [1.807, 2.05) is 47.4 Å². The van der Waals surface area contributed by atoms with Crippen LogP contribution in [0.4, 0.5) is 0 Å². The molecule has 0 aliphatic carbocycles. The van der Waals surface area contributed by atoms with Crippen LogP contribution in [0.15, 0.2) is 54.6 Å². The zero-order chi connectivity index (χ0) is 17.2. The number of hydrogen-bond donors (Lipinski definition) is 1. The number of hydrogen-bond acceptors (Lipinski definition) is 2. The van der Waals surface area contributed by atoms with Crippen molar-refractivity contribution < 1.29 is 9.53 Å². The van der Waals surface area contributed by atoms with Crippen molar-refractivity contribution in [3.05, 3.63) is 71.4 Å². The van der Waals surface area contributed by atoms with Crippen molar-refractivity contribution in [3.63, 3.8) is 0 Å². The lowest BCUT2D eigenvalue weighted by atomic mass is 10.0. The Morgan fingerprint density at radius 1 is 1.20 bits per heavy atom. The third-order valence-electron chi connectivity index (χ3n) is 4.71. The summed E-state index contributed by atoms with van der Waals surface area (Å²) in [6, 6.07) is 16.0. The number of ether oxygens (including phenoxy) is 1. The van der Waals surface area contributed by atoms with Gasteiger partial charge in [0.05, 0.1) is 7.11 Å². The van der Waals surface area contributed by atoms with Gasteiger partial charge in [-0.2, -0.15) is 0 Å². The van der Waals surface area contributed by atoms with Crippen LogP contribution in [-0.4, -0.2) is 29.4 Å². The van der Waals surface area contributed by atoms with E-state index in [2.05, 4.69) is 17.1 Å². The van der Waals surface area contributed by atoms with Crippen LogP contribution < -0.4 is 4.74 Å². The number of fused-ring (bicyclic) bond motifs is 3. The van der Waals surface area contributed by atoms with Crippen LogP contribution in [0.5, 0.6) is 5.75 Å². The highest BCUT2D eigenvalue weighted by molar-refractivity contribution is 5.93. The SMILES string of the molecule is COc1cccc(C=CC(=O)N2CCc3[nH]c4ccccc4c3C2)c1. The van der Waals surface area contributed by atoms with Gasteiger partial charge in [0.1, 0.15) is 5.75 Å². The van der Waals surface area contributed by atoms with Gasteiger partial charge in [-0.25, -0.2) is 0 Å². The van der Waals surface area contributed by atoms with Gasteiger partial charge >= 0.3 is 0 Å². The molecule has 1 N–H and O–H groups in total. The van der Waals surface area contributed by atoms with Crippen molar-refractivity contribution in [2.24, 2.45) is 0 Å². The molecule has 1 aromatic heterocycles. The zero-order valence-corrected chi connectivity index (χ0v) is 14.2. The van der Waals surface area contributed by atoms with Crippen LogP contribution >= 0.6 is 0 Å². The maximum absolute atomic E-state index is 12.6. The minimum atomic E-state index is 0.0405. The van der Waals surface area contributed by atoms with Crippen LogP contribution in [-0.2, 0) is 17.8 Å². The lowest BCUT2D eigenvalue weighted by molar-refractivity contribution is -0.126. The standard InChI is InChI=1S/C21H20N2O2/c1-25-16-6-4-5-15(13-16)9-10-21(24)23-12-11-20-18(14-23)17-7-2-3-8-19(17)22-20/h2-10,13,22H,11-12,14H2,1H3. The first-order valence-corrected chi connectivity index (χ1v) is 8.44. The summed E-state index contributed by atoms with van der Waals surface area (Å²) in [6.07, 6.45) is 4.35. The van der Waals surface area contributed by atoms with Gasteiger partial charge in [0.25, 0.3) is 0 Å². The van der Waals surface area contributed by atoms with Gasteiger partial charge in [-0.15, -0.1) is 0 Å². The van der Waals surface area contributed by atoms with Gasteiger partial charge in [0.2, 0.25) is 5.91 Å². The molecule has 4 heteroatoms. The number of methoxy groups -OCH3 is 1. The fraction of sp³-hybridized carbons (Fsp3) is 0.190. The Morgan fingerprint density at radius 2 is 2.08 bits per heavy atom. The van der Waals surface area contributed by atoms with E-state index in [4.69, 9.17) is 4.74 Å². The molecular weight excluding hydrogens is 312 g/mol. The molecule has 0 fully saturated rings. The normalized spacial score (nSPS) is 14.0. The molecule has 3 aromatic rings. The molecule has 126 valence electrons. The molecule has 0 atom stereocenters. The second-order valence-corrected chi connectivity index (χ2v) is 6.25. The molecule has 1 amide bonds. The predicted molar refractivity (Wildman–Crippen MR) is 99.4 cm³/mol. The summed E-state index contributed by atoms with van der Waals surface area (Å²) in [6.45, 7) is 1.39. The predicted octanol–water partition coefficient (Wildman–Crippen LogP) is 3.77. The molecule has 2 aromatic carbocycles. The van der Waals surface area contributed by atoms with Gasteiger partial charge in [-0.05, 0) is 29.8 Å². The summed E-state index contributed by atoms with van der Waals surface area (Å²) in [5.41, 5.74) is 4.60. The first-order chi connectivity index (χ1) is 12.2. The van der Waals surface area contributed by atoms with Crippen LogP contribution in [0.1, 0.15) is 16.8 Å². The number of benzene rings is 2. The average Bonchev–Trinajstić information content (AvgIpc) is 3.04. The molecule has 0 unspecified atom stereocenters. The minimum Gasteiger partial charge on any atom is -0.497 e. The Hall–Kier alpha value is -3.01. The van der Waals surface area contributed by atoms with Gasteiger partial charge < -0.3 is 14.6 Å². The Kier molecular flexibility index (Phi) is 4.02. The van der Waals surface area contributed by atoms with Gasteiger partial charge in [-0.1, -0.05) is 30.3 Å². The summed E-state index contributed by atoms with van der Waals surface area (Å²) in [4.78, 5) is 18.0. The molecule has 0 radical (unpaired) electrons. The number of carbonyl (C=O) groups is 1. The van der Waals surface area contributed by atoms with Crippen LogP contribution in [0.3, 0.4) is 0 Å². The van der Waals surface area contributed by atoms with Crippen LogP contribution in [0.2, 0.25) is 0 Å². The molecule has 0 spiro atoms. The fourth-order valence-electron chi connectivity index (χ4n) is 3.37. The maximum atomic E-state index is 12.6. The lowest BCUT2D eigenvalue weighted by Gasteiger charge is -2.26. The Labute approximate surface area is 146 Å². The highest BCUT2D eigenvalue weighted by Crippen LogP contribution is 2.27. The lowest BCUT2D eigenvalue weighted by Crippen LogP contribution is -2.34. The molecule has 0 bridgehead atoms. The highest BCUT2D eigenvalue weighted by Gasteiger charge is 2.22. The molecule has 1 aliphatic rings. The number of carbonyl (C=O) groups excluding carboxylic acids is 1. The third kappa shape index (κ3) is 3.03. The number of aromatic amines is 1. The van der Waals surface area contributed by atoms with E-state index in [1.165, 1.54) is 16.6 Å². The van der Waals surface area contributed by atoms with E-state index in [0.717, 1.165) is 29.8 Å². The zero-order valence-electron chi connectivity index (χ0n) is 14.2. The quantitative estimate of drug-likeness (QED) is 0.742. The first kappa shape index (κ1) is 15.5. The van der Waals surface area contributed by atoms with Crippen molar-refractivity contribution in [3.8, 4) is 5.75 Å². The average molecular weight is 332 g/mol. The Bertz CT molecular complexity index is 955. The largest absolute Gasteiger partial charge is 0.497 e. The Morgan fingerprint density at radius 3 is 2.96 bits per heavy atom. The molecule has 0 saturated heterocycles. The van der Waals surface area contributed by atoms with E-state index >= 15 is 0 Å². The van der Waals surface area contributed by atoms with Gasteiger partial charge in [0, 0.05) is 47.7 Å². The van der Waals surface area contributed by atoms with Crippen LogP contribution in [0, 0.1) is 0 Å². The maximum Gasteiger partial charge on any atom is 0.246 e. The highest BCUT2D eigenvalue weighted by atomic mass is 16.5. The summed E-state index contributed by atoms with van der Waals surface area (Å²) < 4.78 is 5.22. The number of aromatic nitrogens is 1. The van der Waals surface area contributed by atoms with E-state index in [0.29, 0.717) is 6.54 Å². The van der Waals surface area contributed by atoms with Gasteiger partial charge in [-0.3, -0.25) is 4.79 Å². The number of nitrogens with one attached hydrogen (secondary N) is 1.